The second-order valence-electron chi connectivity index (χ2n) is 4.22. The van der Waals surface area contributed by atoms with Gasteiger partial charge in [-0.3, -0.25) is 0 Å². The molecule has 0 amide bonds. The molecule has 0 spiro atoms. The molecule has 0 fully saturated rings. The van der Waals surface area contributed by atoms with Crippen LogP contribution in [0.3, 0.4) is 0 Å². The van der Waals surface area contributed by atoms with Crippen molar-refractivity contribution in [3.8, 4) is 0 Å². The van der Waals surface area contributed by atoms with Gasteiger partial charge in [-0.05, 0) is 52.5 Å². The van der Waals surface area contributed by atoms with Crippen molar-refractivity contribution in [1.29, 1.82) is 0 Å². The second kappa shape index (κ2) is 4.49. The maximum absolute atomic E-state index is 4.48. The molecule has 2 nitrogen and oxygen atoms in total. The number of benzene rings is 1. The van der Waals surface area contributed by atoms with Crippen molar-refractivity contribution in [2.45, 2.75) is 12.8 Å². The number of nitrogens with zero attached hydrogens (tertiary/aromatic N) is 2. The number of halogens is 1. The summed E-state index contributed by atoms with van der Waals surface area (Å²) in [4.78, 5) is 6.78. The molecule has 2 aromatic rings. The maximum Gasteiger partial charge on any atom is 0.132 e. The highest BCUT2D eigenvalue weighted by Gasteiger charge is 2.18. The van der Waals surface area contributed by atoms with Crippen LogP contribution in [0.5, 0.6) is 0 Å². The molecule has 3 heteroatoms. The van der Waals surface area contributed by atoms with Crippen molar-refractivity contribution in [3.05, 3.63) is 52.6 Å². The minimum atomic E-state index is 1.02. The normalized spacial score (nSPS) is 14.5. The molecule has 0 bridgehead atoms. The molecule has 0 saturated carbocycles. The summed E-state index contributed by atoms with van der Waals surface area (Å²) in [6, 6.07) is 12.7. The summed E-state index contributed by atoms with van der Waals surface area (Å²) in [7, 11) is 0. The molecule has 0 radical (unpaired) electrons. The Morgan fingerprint density at radius 1 is 1.12 bits per heavy atom. The standard InChI is InChI=1S/C14H13BrN2/c15-12-7-8-14(16-10-12)17-9-3-5-11-4-1-2-6-13(11)17/h1-2,4,6-8,10H,3,5,9H2. The molecule has 1 aromatic heterocycles. The molecule has 0 aliphatic carbocycles. The fourth-order valence-electron chi connectivity index (χ4n) is 2.30. The van der Waals surface area contributed by atoms with E-state index >= 15 is 0 Å². The van der Waals surface area contributed by atoms with Crippen molar-refractivity contribution < 1.29 is 0 Å². The number of pyridine rings is 1. The van der Waals surface area contributed by atoms with Gasteiger partial charge in [-0.15, -0.1) is 0 Å². The summed E-state index contributed by atoms with van der Waals surface area (Å²) >= 11 is 3.42. The lowest BCUT2D eigenvalue weighted by molar-refractivity contribution is 0.759. The maximum atomic E-state index is 4.48. The minimum Gasteiger partial charge on any atom is -0.326 e. The lowest BCUT2D eigenvalue weighted by atomic mass is 10.0. The van der Waals surface area contributed by atoms with Gasteiger partial charge in [-0.2, -0.15) is 0 Å². The summed E-state index contributed by atoms with van der Waals surface area (Å²) in [5.74, 6) is 1.03. The van der Waals surface area contributed by atoms with Crippen molar-refractivity contribution in [3.63, 3.8) is 0 Å². The van der Waals surface area contributed by atoms with Crippen LogP contribution in [0.1, 0.15) is 12.0 Å². The Labute approximate surface area is 109 Å². The largest absolute Gasteiger partial charge is 0.326 e. The molecule has 17 heavy (non-hydrogen) atoms. The quantitative estimate of drug-likeness (QED) is 0.790. The Balaban J connectivity index is 2.03. The number of aromatic nitrogens is 1. The zero-order valence-corrected chi connectivity index (χ0v) is 11.0. The van der Waals surface area contributed by atoms with E-state index in [9.17, 15) is 0 Å². The molecule has 1 aliphatic rings. The Kier molecular flexibility index (Phi) is 2.85. The molecule has 86 valence electrons. The third-order valence-corrected chi connectivity index (χ3v) is 3.57. The van der Waals surface area contributed by atoms with Crippen LogP contribution in [0.25, 0.3) is 0 Å². The van der Waals surface area contributed by atoms with Crippen LogP contribution in [0.15, 0.2) is 47.1 Å². The van der Waals surface area contributed by atoms with Crippen LogP contribution in [0, 0.1) is 0 Å². The van der Waals surface area contributed by atoms with Gasteiger partial charge >= 0.3 is 0 Å². The van der Waals surface area contributed by atoms with Crippen LogP contribution < -0.4 is 4.90 Å². The highest BCUT2D eigenvalue weighted by atomic mass is 79.9. The Hall–Kier alpha value is -1.35. The van der Waals surface area contributed by atoms with Crippen LogP contribution in [-0.4, -0.2) is 11.5 Å². The summed E-state index contributed by atoms with van der Waals surface area (Å²) in [6.45, 7) is 1.05. The van der Waals surface area contributed by atoms with Crippen LogP contribution in [0.2, 0.25) is 0 Å². The first kappa shape index (κ1) is 10.8. The van der Waals surface area contributed by atoms with Crippen molar-refractivity contribution in [1.82, 2.24) is 4.98 Å². The summed E-state index contributed by atoms with van der Waals surface area (Å²) < 4.78 is 1.02. The average Bonchev–Trinajstić information content (AvgIpc) is 2.39. The van der Waals surface area contributed by atoms with E-state index in [1.165, 1.54) is 24.1 Å². The fraction of sp³-hybridized carbons (Fsp3) is 0.214. The van der Waals surface area contributed by atoms with Gasteiger partial charge in [0.05, 0.1) is 0 Å². The monoisotopic (exact) mass is 288 g/mol. The van der Waals surface area contributed by atoms with Crippen molar-refractivity contribution >= 4 is 27.4 Å². The predicted molar refractivity (Wildman–Crippen MR) is 73.7 cm³/mol. The number of rotatable bonds is 1. The highest BCUT2D eigenvalue weighted by molar-refractivity contribution is 9.10. The van der Waals surface area contributed by atoms with E-state index in [1.54, 1.807) is 0 Å². The van der Waals surface area contributed by atoms with Crippen molar-refractivity contribution in [2.24, 2.45) is 0 Å². The Bertz CT molecular complexity index is 522. The first-order valence-corrected chi connectivity index (χ1v) is 6.61. The average molecular weight is 289 g/mol. The van der Waals surface area contributed by atoms with Gasteiger partial charge in [-0.25, -0.2) is 4.98 Å². The van der Waals surface area contributed by atoms with Gasteiger partial charge in [0.2, 0.25) is 0 Å². The highest BCUT2D eigenvalue weighted by Crippen LogP contribution is 2.32. The zero-order valence-electron chi connectivity index (χ0n) is 9.44. The summed E-state index contributed by atoms with van der Waals surface area (Å²) in [5.41, 5.74) is 2.72. The van der Waals surface area contributed by atoms with E-state index in [0.717, 1.165) is 16.8 Å². The molecular formula is C14H13BrN2. The van der Waals surface area contributed by atoms with Gasteiger partial charge in [0, 0.05) is 22.9 Å². The number of para-hydroxylation sites is 1. The van der Waals surface area contributed by atoms with E-state index in [0.29, 0.717) is 0 Å². The van der Waals surface area contributed by atoms with Gasteiger partial charge in [-0.1, -0.05) is 18.2 Å². The fourth-order valence-corrected chi connectivity index (χ4v) is 2.53. The number of fused-ring (bicyclic) bond motifs is 1. The van der Waals surface area contributed by atoms with Gasteiger partial charge in [0.15, 0.2) is 0 Å². The molecule has 3 rings (SSSR count). The third kappa shape index (κ3) is 2.07. The molecule has 2 heterocycles. The predicted octanol–water partition coefficient (Wildman–Crippen LogP) is 3.93. The number of hydrogen-bond acceptors (Lipinski definition) is 2. The second-order valence-corrected chi connectivity index (χ2v) is 5.13. The molecule has 1 aliphatic heterocycles. The smallest absolute Gasteiger partial charge is 0.132 e. The first-order valence-electron chi connectivity index (χ1n) is 5.81. The summed E-state index contributed by atoms with van der Waals surface area (Å²) in [5, 5.41) is 0. The topological polar surface area (TPSA) is 16.1 Å². The summed E-state index contributed by atoms with van der Waals surface area (Å²) in [6.07, 6.45) is 4.21. The van der Waals surface area contributed by atoms with E-state index in [4.69, 9.17) is 0 Å². The number of anilines is 2. The SMILES string of the molecule is Brc1ccc(N2CCCc3ccccc32)nc1. The van der Waals surface area contributed by atoms with E-state index in [1.807, 2.05) is 12.3 Å². The molecule has 0 atom stereocenters. The van der Waals surface area contributed by atoms with Crippen molar-refractivity contribution in [2.75, 3.05) is 11.4 Å². The van der Waals surface area contributed by atoms with Gasteiger partial charge < -0.3 is 4.90 Å². The first-order chi connectivity index (χ1) is 8.34. The van der Waals surface area contributed by atoms with E-state index < -0.39 is 0 Å². The lowest BCUT2D eigenvalue weighted by Gasteiger charge is -2.30. The molecule has 1 aromatic carbocycles. The van der Waals surface area contributed by atoms with E-state index in [-0.39, 0.29) is 0 Å². The van der Waals surface area contributed by atoms with E-state index in [2.05, 4.69) is 56.1 Å². The number of hydrogen-bond donors (Lipinski definition) is 0. The van der Waals surface area contributed by atoms with Crippen LogP contribution >= 0.6 is 15.9 Å². The molecule has 0 unspecified atom stereocenters. The molecule has 0 N–H and O–H groups in total. The molecular weight excluding hydrogens is 276 g/mol. The number of aryl methyl sites for hydroxylation is 1. The van der Waals surface area contributed by atoms with Gasteiger partial charge in [0.1, 0.15) is 5.82 Å². The van der Waals surface area contributed by atoms with Gasteiger partial charge in [0.25, 0.3) is 0 Å². The zero-order chi connectivity index (χ0) is 11.7. The third-order valence-electron chi connectivity index (χ3n) is 3.10. The van der Waals surface area contributed by atoms with Crippen LogP contribution in [-0.2, 0) is 6.42 Å². The Morgan fingerprint density at radius 2 is 2.00 bits per heavy atom. The molecule has 0 saturated heterocycles. The lowest BCUT2D eigenvalue weighted by Crippen LogP contribution is -2.25. The Morgan fingerprint density at radius 3 is 2.82 bits per heavy atom. The minimum absolute atomic E-state index is 1.02. The van der Waals surface area contributed by atoms with Crippen LogP contribution in [0.4, 0.5) is 11.5 Å².